The molecule has 1 saturated heterocycles. The third-order valence-corrected chi connectivity index (χ3v) is 4.81. The van der Waals surface area contributed by atoms with E-state index in [9.17, 15) is 13.2 Å². The molecule has 0 N–H and O–H groups in total. The SMILES string of the molecule is O=C=NC1CCN(S(=O)(=O)c2cccnc2)CC1. The van der Waals surface area contributed by atoms with E-state index in [1.807, 2.05) is 0 Å². The largest absolute Gasteiger partial charge is 0.263 e. The molecule has 18 heavy (non-hydrogen) atoms. The van der Waals surface area contributed by atoms with Crippen LogP contribution >= 0.6 is 0 Å². The summed E-state index contributed by atoms with van der Waals surface area (Å²) in [6.45, 7) is 0.736. The van der Waals surface area contributed by atoms with Crippen molar-refractivity contribution in [1.82, 2.24) is 9.29 Å². The molecule has 0 atom stereocenters. The van der Waals surface area contributed by atoms with Gasteiger partial charge in [0.1, 0.15) is 4.90 Å². The smallest absolute Gasteiger partial charge is 0.244 e. The number of pyridine rings is 1. The van der Waals surface area contributed by atoms with Gasteiger partial charge in [-0.05, 0) is 25.0 Å². The van der Waals surface area contributed by atoms with E-state index in [4.69, 9.17) is 0 Å². The molecule has 0 bridgehead atoms. The molecule has 1 aliphatic heterocycles. The Balaban J connectivity index is 2.12. The average Bonchev–Trinajstić information content (AvgIpc) is 2.41. The summed E-state index contributed by atoms with van der Waals surface area (Å²) in [5, 5.41) is 0. The number of rotatable bonds is 3. The van der Waals surface area contributed by atoms with Crippen LogP contribution in [0.5, 0.6) is 0 Å². The molecule has 2 heterocycles. The summed E-state index contributed by atoms with van der Waals surface area (Å²) in [5.41, 5.74) is 0. The highest BCUT2D eigenvalue weighted by molar-refractivity contribution is 7.89. The first-order chi connectivity index (χ1) is 8.64. The zero-order valence-electron chi connectivity index (χ0n) is 9.69. The van der Waals surface area contributed by atoms with Crippen molar-refractivity contribution in [3.05, 3.63) is 24.5 Å². The molecule has 0 amide bonds. The van der Waals surface area contributed by atoms with Crippen LogP contribution in [0.1, 0.15) is 12.8 Å². The first-order valence-electron chi connectivity index (χ1n) is 5.62. The summed E-state index contributed by atoms with van der Waals surface area (Å²) in [7, 11) is -3.47. The molecule has 2 rings (SSSR count). The highest BCUT2D eigenvalue weighted by atomic mass is 32.2. The topological polar surface area (TPSA) is 79.7 Å². The number of aromatic nitrogens is 1. The Morgan fingerprint density at radius 1 is 1.39 bits per heavy atom. The van der Waals surface area contributed by atoms with Crippen molar-refractivity contribution in [2.45, 2.75) is 23.8 Å². The summed E-state index contributed by atoms with van der Waals surface area (Å²) in [4.78, 5) is 17.8. The van der Waals surface area contributed by atoms with Gasteiger partial charge in [0, 0.05) is 25.5 Å². The molecule has 0 unspecified atom stereocenters. The van der Waals surface area contributed by atoms with Crippen molar-refractivity contribution in [2.75, 3.05) is 13.1 Å². The van der Waals surface area contributed by atoms with Gasteiger partial charge in [-0.1, -0.05) is 0 Å². The van der Waals surface area contributed by atoms with Crippen molar-refractivity contribution < 1.29 is 13.2 Å². The van der Waals surface area contributed by atoms with Crippen LogP contribution in [0.4, 0.5) is 0 Å². The second kappa shape index (κ2) is 5.39. The Morgan fingerprint density at radius 2 is 2.11 bits per heavy atom. The first-order valence-corrected chi connectivity index (χ1v) is 7.06. The summed E-state index contributed by atoms with van der Waals surface area (Å²) < 4.78 is 25.9. The monoisotopic (exact) mass is 267 g/mol. The molecule has 1 aromatic heterocycles. The minimum Gasteiger partial charge on any atom is -0.263 e. The molecule has 1 aliphatic rings. The lowest BCUT2D eigenvalue weighted by molar-refractivity contribution is 0.320. The molecule has 0 aliphatic carbocycles. The van der Waals surface area contributed by atoms with Gasteiger partial charge in [-0.25, -0.2) is 18.2 Å². The first kappa shape index (κ1) is 12.9. The van der Waals surface area contributed by atoms with E-state index in [0.29, 0.717) is 25.9 Å². The molecule has 0 saturated carbocycles. The number of sulfonamides is 1. The second-order valence-corrected chi connectivity index (χ2v) is 5.98. The Hall–Kier alpha value is -1.56. The van der Waals surface area contributed by atoms with Gasteiger partial charge >= 0.3 is 0 Å². The number of hydrogen-bond acceptors (Lipinski definition) is 5. The summed E-state index contributed by atoms with van der Waals surface area (Å²) in [6.07, 6.45) is 5.49. The van der Waals surface area contributed by atoms with Crippen LogP contribution in [-0.4, -0.2) is 42.9 Å². The lowest BCUT2D eigenvalue weighted by Crippen LogP contribution is -2.39. The van der Waals surface area contributed by atoms with Gasteiger partial charge in [-0.3, -0.25) is 4.98 Å². The van der Waals surface area contributed by atoms with Gasteiger partial charge in [-0.15, -0.1) is 0 Å². The quantitative estimate of drug-likeness (QED) is 0.592. The molecule has 0 aromatic carbocycles. The van der Waals surface area contributed by atoms with E-state index in [1.54, 1.807) is 6.07 Å². The molecule has 6 nitrogen and oxygen atoms in total. The fourth-order valence-electron chi connectivity index (χ4n) is 1.93. The van der Waals surface area contributed by atoms with Gasteiger partial charge in [0.05, 0.1) is 6.04 Å². The predicted octanol–water partition coefficient (Wildman–Crippen LogP) is 0.571. The fourth-order valence-corrected chi connectivity index (χ4v) is 3.37. The molecular weight excluding hydrogens is 254 g/mol. The molecule has 1 aromatic rings. The predicted molar refractivity (Wildman–Crippen MR) is 64.1 cm³/mol. The van der Waals surface area contributed by atoms with Crippen molar-refractivity contribution in [2.24, 2.45) is 4.99 Å². The van der Waals surface area contributed by atoms with Gasteiger partial charge in [0.25, 0.3) is 0 Å². The van der Waals surface area contributed by atoms with Crippen molar-refractivity contribution in [3.8, 4) is 0 Å². The van der Waals surface area contributed by atoms with Crippen LogP contribution in [-0.2, 0) is 14.8 Å². The average molecular weight is 267 g/mol. The van der Waals surface area contributed by atoms with Crippen LogP contribution in [0.25, 0.3) is 0 Å². The van der Waals surface area contributed by atoms with Gasteiger partial charge in [-0.2, -0.15) is 4.31 Å². The van der Waals surface area contributed by atoms with Gasteiger partial charge in [0.2, 0.25) is 16.1 Å². The van der Waals surface area contributed by atoms with E-state index in [2.05, 4.69) is 9.98 Å². The lowest BCUT2D eigenvalue weighted by Gasteiger charge is -2.28. The number of nitrogens with zero attached hydrogens (tertiary/aromatic N) is 3. The Bertz CT molecular complexity index is 544. The second-order valence-electron chi connectivity index (χ2n) is 4.04. The molecular formula is C11H13N3O3S. The summed E-state index contributed by atoms with van der Waals surface area (Å²) >= 11 is 0. The highest BCUT2D eigenvalue weighted by Crippen LogP contribution is 2.21. The van der Waals surface area contributed by atoms with Gasteiger partial charge in [0.15, 0.2) is 0 Å². The summed E-state index contributed by atoms with van der Waals surface area (Å²) in [5.74, 6) is 0. The van der Waals surface area contributed by atoms with E-state index >= 15 is 0 Å². The van der Waals surface area contributed by atoms with Crippen LogP contribution in [0.2, 0.25) is 0 Å². The van der Waals surface area contributed by atoms with Crippen molar-refractivity contribution in [3.63, 3.8) is 0 Å². The number of hydrogen-bond donors (Lipinski definition) is 0. The van der Waals surface area contributed by atoms with Crippen LogP contribution in [0, 0.1) is 0 Å². The van der Waals surface area contributed by atoms with Crippen molar-refractivity contribution >= 4 is 16.1 Å². The lowest BCUT2D eigenvalue weighted by atomic mass is 10.1. The maximum absolute atomic E-state index is 12.2. The zero-order valence-corrected chi connectivity index (χ0v) is 10.5. The summed E-state index contributed by atoms with van der Waals surface area (Å²) in [6, 6.07) is 3.01. The number of carbonyl (C=O) groups excluding carboxylic acids is 1. The van der Waals surface area contributed by atoms with Crippen molar-refractivity contribution in [1.29, 1.82) is 0 Å². The molecule has 7 heteroatoms. The Labute approximate surface area is 105 Å². The fraction of sp³-hybridized carbons (Fsp3) is 0.455. The van der Waals surface area contributed by atoms with E-state index in [1.165, 1.54) is 28.8 Å². The third-order valence-electron chi connectivity index (χ3n) is 2.93. The van der Waals surface area contributed by atoms with Crippen LogP contribution < -0.4 is 0 Å². The molecule has 96 valence electrons. The van der Waals surface area contributed by atoms with E-state index in [0.717, 1.165) is 0 Å². The molecule has 0 spiro atoms. The minimum atomic E-state index is -3.47. The number of piperidine rings is 1. The minimum absolute atomic E-state index is 0.108. The number of aliphatic imine (C=N–C) groups is 1. The highest BCUT2D eigenvalue weighted by Gasteiger charge is 2.29. The molecule has 0 radical (unpaired) electrons. The maximum atomic E-state index is 12.2. The van der Waals surface area contributed by atoms with Crippen LogP contribution in [0.15, 0.2) is 34.4 Å². The third kappa shape index (κ3) is 2.64. The Morgan fingerprint density at radius 3 is 2.67 bits per heavy atom. The van der Waals surface area contributed by atoms with E-state index in [-0.39, 0.29) is 10.9 Å². The maximum Gasteiger partial charge on any atom is 0.244 e. The zero-order chi connectivity index (χ0) is 13.0. The van der Waals surface area contributed by atoms with E-state index < -0.39 is 10.0 Å². The standard InChI is InChI=1S/C11H13N3O3S/c15-9-13-10-3-6-14(7-4-10)18(16,17)11-2-1-5-12-8-11/h1-2,5,8,10H,3-4,6-7H2. The number of isocyanates is 1. The van der Waals surface area contributed by atoms with Crippen LogP contribution in [0.3, 0.4) is 0 Å². The molecule has 1 fully saturated rings. The normalized spacial score (nSPS) is 18.2. The van der Waals surface area contributed by atoms with Gasteiger partial charge < -0.3 is 0 Å². The Kier molecular flexibility index (Phi) is 3.86.